The zero-order valence-corrected chi connectivity index (χ0v) is 7.76. The molecule has 3 nitrogen and oxygen atoms in total. The standard InChI is InChI=1S/C9H16O3/c1-4-10-8(2)7-9(3)11-5-6-12-9/h2,4-7H2,1,3H3. The quantitative estimate of drug-likeness (QED) is 0.604. The number of hydrogen-bond donors (Lipinski definition) is 0. The lowest BCUT2D eigenvalue weighted by molar-refractivity contribution is -0.146. The van der Waals surface area contributed by atoms with Gasteiger partial charge in [0, 0.05) is 0 Å². The monoisotopic (exact) mass is 172 g/mol. The Morgan fingerprint density at radius 1 is 1.50 bits per heavy atom. The van der Waals surface area contributed by atoms with Gasteiger partial charge in [0.25, 0.3) is 0 Å². The van der Waals surface area contributed by atoms with Crippen molar-refractivity contribution in [1.29, 1.82) is 0 Å². The van der Waals surface area contributed by atoms with Gasteiger partial charge in [-0.05, 0) is 13.8 Å². The van der Waals surface area contributed by atoms with E-state index in [9.17, 15) is 0 Å². The van der Waals surface area contributed by atoms with Gasteiger partial charge in [-0.2, -0.15) is 0 Å². The molecule has 0 aliphatic carbocycles. The van der Waals surface area contributed by atoms with E-state index < -0.39 is 5.79 Å². The minimum absolute atomic E-state index is 0.508. The average Bonchev–Trinajstić information content (AvgIpc) is 2.36. The Kier molecular flexibility index (Phi) is 3.12. The molecule has 70 valence electrons. The highest BCUT2D eigenvalue weighted by Gasteiger charge is 2.31. The molecule has 1 heterocycles. The van der Waals surface area contributed by atoms with Crippen LogP contribution >= 0.6 is 0 Å². The summed E-state index contributed by atoms with van der Waals surface area (Å²) in [6, 6.07) is 0. The number of ether oxygens (including phenoxy) is 3. The van der Waals surface area contributed by atoms with Gasteiger partial charge in [-0.1, -0.05) is 6.58 Å². The Hall–Kier alpha value is -0.540. The third-order valence-electron chi connectivity index (χ3n) is 1.76. The van der Waals surface area contributed by atoms with Gasteiger partial charge < -0.3 is 14.2 Å². The van der Waals surface area contributed by atoms with Crippen LogP contribution in [-0.2, 0) is 14.2 Å². The summed E-state index contributed by atoms with van der Waals surface area (Å²) in [5.74, 6) is 0.216. The fourth-order valence-electron chi connectivity index (χ4n) is 1.27. The van der Waals surface area contributed by atoms with E-state index in [4.69, 9.17) is 14.2 Å². The van der Waals surface area contributed by atoms with Crippen molar-refractivity contribution >= 4 is 0 Å². The normalized spacial score (nSPS) is 20.8. The van der Waals surface area contributed by atoms with E-state index in [1.807, 2.05) is 13.8 Å². The second-order valence-electron chi connectivity index (χ2n) is 2.98. The van der Waals surface area contributed by atoms with E-state index in [-0.39, 0.29) is 0 Å². The molecule has 0 aromatic rings. The van der Waals surface area contributed by atoms with Gasteiger partial charge >= 0.3 is 0 Å². The molecule has 1 rings (SSSR count). The first-order valence-electron chi connectivity index (χ1n) is 4.25. The van der Waals surface area contributed by atoms with Crippen LogP contribution in [0.15, 0.2) is 12.3 Å². The summed E-state index contributed by atoms with van der Waals surface area (Å²) in [7, 11) is 0. The predicted molar refractivity (Wildman–Crippen MR) is 45.7 cm³/mol. The molecule has 0 atom stereocenters. The van der Waals surface area contributed by atoms with Gasteiger partial charge in [-0.25, -0.2) is 0 Å². The summed E-state index contributed by atoms with van der Waals surface area (Å²) in [6.07, 6.45) is 0.612. The number of hydrogen-bond acceptors (Lipinski definition) is 3. The van der Waals surface area contributed by atoms with Crippen molar-refractivity contribution < 1.29 is 14.2 Å². The van der Waals surface area contributed by atoms with Crippen LogP contribution in [0, 0.1) is 0 Å². The maximum absolute atomic E-state index is 5.39. The maximum atomic E-state index is 5.39. The summed E-state index contributed by atoms with van der Waals surface area (Å²) in [6.45, 7) is 9.59. The molecule has 1 aliphatic rings. The van der Waals surface area contributed by atoms with Crippen molar-refractivity contribution in [2.75, 3.05) is 19.8 Å². The minimum atomic E-state index is -0.508. The molecule has 0 N–H and O–H groups in total. The topological polar surface area (TPSA) is 27.7 Å². The van der Waals surface area contributed by atoms with E-state index in [0.717, 1.165) is 5.76 Å². The zero-order valence-electron chi connectivity index (χ0n) is 7.76. The van der Waals surface area contributed by atoms with Crippen molar-refractivity contribution in [2.24, 2.45) is 0 Å². The molecule has 0 bridgehead atoms. The van der Waals surface area contributed by atoms with Crippen LogP contribution < -0.4 is 0 Å². The first kappa shape index (κ1) is 9.55. The average molecular weight is 172 g/mol. The molecule has 0 saturated carbocycles. The van der Waals surface area contributed by atoms with E-state index in [2.05, 4.69) is 6.58 Å². The van der Waals surface area contributed by atoms with Crippen molar-refractivity contribution in [2.45, 2.75) is 26.1 Å². The van der Waals surface area contributed by atoms with Crippen molar-refractivity contribution in [3.05, 3.63) is 12.3 Å². The van der Waals surface area contributed by atoms with Gasteiger partial charge in [0.15, 0.2) is 5.79 Å². The van der Waals surface area contributed by atoms with E-state index in [1.54, 1.807) is 0 Å². The highest BCUT2D eigenvalue weighted by atomic mass is 16.7. The molecule has 12 heavy (non-hydrogen) atoms. The van der Waals surface area contributed by atoms with Crippen molar-refractivity contribution in [1.82, 2.24) is 0 Å². The Bertz CT molecular complexity index is 159. The molecule has 0 aromatic carbocycles. The van der Waals surface area contributed by atoms with E-state index in [0.29, 0.717) is 26.2 Å². The molecule has 0 unspecified atom stereocenters. The Labute approximate surface area is 73.3 Å². The van der Waals surface area contributed by atoms with Gasteiger partial charge in [-0.3, -0.25) is 0 Å². The molecule has 3 heteroatoms. The second kappa shape index (κ2) is 3.92. The summed E-state index contributed by atoms with van der Waals surface area (Å²) in [5.41, 5.74) is 0. The Morgan fingerprint density at radius 2 is 2.08 bits per heavy atom. The molecule has 0 amide bonds. The largest absolute Gasteiger partial charge is 0.499 e. The lowest BCUT2D eigenvalue weighted by atomic mass is 10.2. The lowest BCUT2D eigenvalue weighted by Crippen LogP contribution is -2.26. The lowest BCUT2D eigenvalue weighted by Gasteiger charge is -2.22. The van der Waals surface area contributed by atoms with Crippen LogP contribution in [-0.4, -0.2) is 25.6 Å². The first-order valence-corrected chi connectivity index (χ1v) is 4.25. The summed E-state index contributed by atoms with van der Waals surface area (Å²) in [4.78, 5) is 0. The zero-order chi connectivity index (χ0) is 9.03. The van der Waals surface area contributed by atoms with Crippen LogP contribution in [0.5, 0.6) is 0 Å². The molecule has 0 spiro atoms. The molecule has 1 aliphatic heterocycles. The third kappa shape index (κ3) is 2.50. The molecule has 1 saturated heterocycles. The van der Waals surface area contributed by atoms with Crippen LogP contribution in [0.1, 0.15) is 20.3 Å². The van der Waals surface area contributed by atoms with E-state index in [1.165, 1.54) is 0 Å². The summed E-state index contributed by atoms with van der Waals surface area (Å²) >= 11 is 0. The molecular formula is C9H16O3. The highest BCUT2D eigenvalue weighted by molar-refractivity contribution is 4.89. The highest BCUT2D eigenvalue weighted by Crippen LogP contribution is 2.25. The van der Waals surface area contributed by atoms with Gasteiger partial charge in [0.1, 0.15) is 0 Å². The van der Waals surface area contributed by atoms with Crippen LogP contribution in [0.3, 0.4) is 0 Å². The van der Waals surface area contributed by atoms with Crippen LogP contribution in [0.2, 0.25) is 0 Å². The molecular weight excluding hydrogens is 156 g/mol. The third-order valence-corrected chi connectivity index (χ3v) is 1.76. The molecule has 1 fully saturated rings. The van der Waals surface area contributed by atoms with Gasteiger partial charge in [-0.15, -0.1) is 0 Å². The fourth-order valence-corrected chi connectivity index (χ4v) is 1.27. The van der Waals surface area contributed by atoms with Gasteiger partial charge in [0.2, 0.25) is 0 Å². The summed E-state index contributed by atoms with van der Waals surface area (Å²) in [5, 5.41) is 0. The number of rotatable bonds is 4. The Balaban J connectivity index is 2.33. The smallest absolute Gasteiger partial charge is 0.172 e. The fraction of sp³-hybridized carbons (Fsp3) is 0.778. The second-order valence-corrected chi connectivity index (χ2v) is 2.98. The molecule has 0 aromatic heterocycles. The van der Waals surface area contributed by atoms with E-state index >= 15 is 0 Å². The first-order chi connectivity index (χ1) is 5.66. The van der Waals surface area contributed by atoms with Gasteiger partial charge in [0.05, 0.1) is 32.0 Å². The SMILES string of the molecule is C=C(CC1(C)OCCO1)OCC. The van der Waals surface area contributed by atoms with Crippen LogP contribution in [0.4, 0.5) is 0 Å². The maximum Gasteiger partial charge on any atom is 0.172 e. The predicted octanol–water partition coefficient (Wildman–Crippen LogP) is 1.69. The molecule has 0 radical (unpaired) electrons. The van der Waals surface area contributed by atoms with Crippen LogP contribution in [0.25, 0.3) is 0 Å². The van der Waals surface area contributed by atoms with Crippen molar-refractivity contribution in [3.63, 3.8) is 0 Å². The summed E-state index contributed by atoms with van der Waals surface area (Å²) < 4.78 is 16.0. The van der Waals surface area contributed by atoms with Crippen molar-refractivity contribution in [3.8, 4) is 0 Å². The minimum Gasteiger partial charge on any atom is -0.499 e. The Morgan fingerprint density at radius 3 is 2.58 bits per heavy atom.